The van der Waals surface area contributed by atoms with Gasteiger partial charge in [0, 0.05) is 19.1 Å². The van der Waals surface area contributed by atoms with E-state index in [9.17, 15) is 4.79 Å². The Kier molecular flexibility index (Phi) is 8.07. The van der Waals surface area contributed by atoms with Gasteiger partial charge >= 0.3 is 0 Å². The highest BCUT2D eigenvalue weighted by Crippen LogP contribution is 2.22. The Labute approximate surface area is 118 Å². The predicted octanol–water partition coefficient (Wildman–Crippen LogP) is 1.74. The van der Waals surface area contributed by atoms with Gasteiger partial charge in [-0.15, -0.1) is 0 Å². The fourth-order valence-electron chi connectivity index (χ4n) is 2.87. The van der Waals surface area contributed by atoms with Crippen LogP contribution in [-0.4, -0.2) is 43.0 Å². The lowest BCUT2D eigenvalue weighted by Gasteiger charge is -2.23. The van der Waals surface area contributed by atoms with Crippen LogP contribution in [0.1, 0.15) is 52.4 Å². The van der Waals surface area contributed by atoms with Crippen molar-refractivity contribution in [2.24, 2.45) is 11.7 Å². The molecule has 0 saturated heterocycles. The van der Waals surface area contributed by atoms with E-state index in [0.29, 0.717) is 0 Å². The van der Waals surface area contributed by atoms with Crippen LogP contribution in [0.4, 0.5) is 0 Å². The molecule has 1 rings (SSSR count). The Bertz CT molecular complexity index is 258. The molecular formula is C15H31N3O. The summed E-state index contributed by atoms with van der Waals surface area (Å²) in [7, 11) is 0. The summed E-state index contributed by atoms with van der Waals surface area (Å²) in [5, 5.41) is 3.07. The molecule has 0 spiro atoms. The van der Waals surface area contributed by atoms with Crippen LogP contribution in [0.5, 0.6) is 0 Å². The first-order chi connectivity index (χ1) is 9.19. The van der Waals surface area contributed by atoms with Crippen LogP contribution in [-0.2, 0) is 4.79 Å². The molecule has 2 unspecified atom stereocenters. The SMILES string of the molecule is CCCN(CC)CCNC(=O)C1CCCCCC1N. The van der Waals surface area contributed by atoms with Gasteiger partial charge in [0.1, 0.15) is 0 Å². The molecule has 0 aliphatic heterocycles. The molecule has 4 heteroatoms. The van der Waals surface area contributed by atoms with E-state index in [1.54, 1.807) is 0 Å². The molecule has 3 N–H and O–H groups in total. The zero-order chi connectivity index (χ0) is 14.1. The van der Waals surface area contributed by atoms with Gasteiger partial charge in [-0.1, -0.05) is 33.1 Å². The normalized spacial score (nSPS) is 24.2. The van der Waals surface area contributed by atoms with Gasteiger partial charge in [-0.2, -0.15) is 0 Å². The van der Waals surface area contributed by atoms with Gasteiger partial charge in [0.15, 0.2) is 0 Å². The molecule has 1 amide bonds. The monoisotopic (exact) mass is 269 g/mol. The third-order valence-corrected chi connectivity index (χ3v) is 4.12. The molecule has 19 heavy (non-hydrogen) atoms. The van der Waals surface area contributed by atoms with Crippen LogP contribution in [0.2, 0.25) is 0 Å². The Hall–Kier alpha value is -0.610. The van der Waals surface area contributed by atoms with Crippen molar-refractivity contribution in [2.45, 2.75) is 58.4 Å². The number of nitrogens with two attached hydrogens (primary N) is 1. The molecule has 0 aromatic carbocycles. The van der Waals surface area contributed by atoms with E-state index in [0.717, 1.165) is 51.9 Å². The summed E-state index contributed by atoms with van der Waals surface area (Å²) in [5.74, 6) is 0.200. The number of rotatable bonds is 7. The average Bonchev–Trinajstić information content (AvgIpc) is 2.62. The lowest BCUT2D eigenvalue weighted by molar-refractivity contribution is -0.125. The van der Waals surface area contributed by atoms with Gasteiger partial charge in [0.25, 0.3) is 0 Å². The third-order valence-electron chi connectivity index (χ3n) is 4.12. The smallest absolute Gasteiger partial charge is 0.224 e. The molecule has 0 aromatic rings. The fourth-order valence-corrected chi connectivity index (χ4v) is 2.87. The quantitative estimate of drug-likeness (QED) is 0.692. The molecule has 0 aromatic heterocycles. The van der Waals surface area contributed by atoms with E-state index in [1.165, 1.54) is 12.8 Å². The van der Waals surface area contributed by atoms with Crippen LogP contribution in [0.15, 0.2) is 0 Å². The van der Waals surface area contributed by atoms with Crippen molar-refractivity contribution < 1.29 is 4.79 Å². The number of amides is 1. The molecule has 0 bridgehead atoms. The van der Waals surface area contributed by atoms with Crippen LogP contribution in [0.3, 0.4) is 0 Å². The second kappa shape index (κ2) is 9.32. The molecule has 1 aliphatic carbocycles. The first-order valence-electron chi connectivity index (χ1n) is 7.94. The van der Waals surface area contributed by atoms with Crippen molar-refractivity contribution in [1.29, 1.82) is 0 Å². The van der Waals surface area contributed by atoms with Crippen LogP contribution < -0.4 is 11.1 Å². The maximum Gasteiger partial charge on any atom is 0.224 e. The minimum atomic E-state index is 0.0313. The highest BCUT2D eigenvalue weighted by Gasteiger charge is 2.26. The van der Waals surface area contributed by atoms with Crippen molar-refractivity contribution in [3.8, 4) is 0 Å². The first kappa shape index (κ1) is 16.4. The Morgan fingerprint density at radius 2 is 1.95 bits per heavy atom. The van der Waals surface area contributed by atoms with E-state index >= 15 is 0 Å². The van der Waals surface area contributed by atoms with E-state index in [2.05, 4.69) is 24.1 Å². The van der Waals surface area contributed by atoms with E-state index < -0.39 is 0 Å². The summed E-state index contributed by atoms with van der Waals surface area (Å²) in [5.41, 5.74) is 6.11. The number of nitrogens with zero attached hydrogens (tertiary/aromatic N) is 1. The summed E-state index contributed by atoms with van der Waals surface area (Å²) < 4.78 is 0. The third kappa shape index (κ3) is 5.91. The van der Waals surface area contributed by atoms with Crippen LogP contribution >= 0.6 is 0 Å². The summed E-state index contributed by atoms with van der Waals surface area (Å²) in [4.78, 5) is 14.5. The summed E-state index contributed by atoms with van der Waals surface area (Å²) in [6, 6.07) is 0.0559. The summed E-state index contributed by atoms with van der Waals surface area (Å²) in [6.45, 7) is 8.19. The van der Waals surface area contributed by atoms with Crippen LogP contribution in [0.25, 0.3) is 0 Å². The first-order valence-corrected chi connectivity index (χ1v) is 7.94. The minimum Gasteiger partial charge on any atom is -0.355 e. The number of likely N-dealkylation sites (N-methyl/N-ethyl adjacent to an activating group) is 1. The van der Waals surface area contributed by atoms with Crippen molar-refractivity contribution in [3.63, 3.8) is 0 Å². The molecule has 0 radical (unpaired) electrons. The van der Waals surface area contributed by atoms with Crippen molar-refractivity contribution in [1.82, 2.24) is 10.2 Å². The van der Waals surface area contributed by atoms with Gasteiger partial charge in [-0.05, 0) is 32.4 Å². The molecule has 0 heterocycles. The van der Waals surface area contributed by atoms with Crippen molar-refractivity contribution >= 4 is 5.91 Å². The molecule has 1 aliphatic rings. The maximum absolute atomic E-state index is 12.2. The van der Waals surface area contributed by atoms with Crippen LogP contribution in [0, 0.1) is 5.92 Å². The lowest BCUT2D eigenvalue weighted by Crippen LogP contribution is -2.43. The molecule has 2 atom stereocenters. The Balaban J connectivity index is 2.29. The summed E-state index contributed by atoms with van der Waals surface area (Å²) in [6.07, 6.45) is 6.65. The molecule has 4 nitrogen and oxygen atoms in total. The van der Waals surface area contributed by atoms with Gasteiger partial charge in [-0.3, -0.25) is 4.79 Å². The second-order valence-electron chi connectivity index (χ2n) is 5.63. The number of carbonyl (C=O) groups excluding carboxylic acids is 1. The molecule has 112 valence electrons. The minimum absolute atomic E-state index is 0.0313. The van der Waals surface area contributed by atoms with E-state index in [4.69, 9.17) is 5.73 Å². The van der Waals surface area contributed by atoms with Gasteiger partial charge in [-0.25, -0.2) is 0 Å². The van der Waals surface area contributed by atoms with Gasteiger partial charge in [0.2, 0.25) is 5.91 Å². The maximum atomic E-state index is 12.2. The largest absolute Gasteiger partial charge is 0.355 e. The van der Waals surface area contributed by atoms with E-state index in [-0.39, 0.29) is 17.9 Å². The standard InChI is InChI=1S/C15H31N3O/c1-3-11-18(4-2)12-10-17-15(19)13-8-6-5-7-9-14(13)16/h13-14H,3-12,16H2,1-2H3,(H,17,19). The predicted molar refractivity (Wildman–Crippen MR) is 80.0 cm³/mol. The van der Waals surface area contributed by atoms with Gasteiger partial charge < -0.3 is 16.0 Å². The topological polar surface area (TPSA) is 58.4 Å². The average molecular weight is 269 g/mol. The fraction of sp³-hybridized carbons (Fsp3) is 0.933. The Morgan fingerprint density at radius 3 is 2.63 bits per heavy atom. The Morgan fingerprint density at radius 1 is 1.21 bits per heavy atom. The van der Waals surface area contributed by atoms with E-state index in [1.807, 2.05) is 0 Å². The highest BCUT2D eigenvalue weighted by molar-refractivity contribution is 5.79. The second-order valence-corrected chi connectivity index (χ2v) is 5.63. The number of hydrogen-bond acceptors (Lipinski definition) is 3. The zero-order valence-corrected chi connectivity index (χ0v) is 12.7. The molecule has 1 fully saturated rings. The number of hydrogen-bond donors (Lipinski definition) is 2. The van der Waals surface area contributed by atoms with Gasteiger partial charge in [0.05, 0.1) is 5.92 Å². The zero-order valence-electron chi connectivity index (χ0n) is 12.7. The van der Waals surface area contributed by atoms with Crippen molar-refractivity contribution in [3.05, 3.63) is 0 Å². The van der Waals surface area contributed by atoms with Crippen molar-refractivity contribution in [2.75, 3.05) is 26.2 Å². The number of nitrogens with one attached hydrogen (secondary N) is 1. The summed E-state index contributed by atoms with van der Waals surface area (Å²) >= 11 is 0. The lowest BCUT2D eigenvalue weighted by atomic mass is 9.94. The molecular weight excluding hydrogens is 238 g/mol. The highest BCUT2D eigenvalue weighted by atomic mass is 16.1. The number of carbonyl (C=O) groups is 1. The molecule has 1 saturated carbocycles.